The van der Waals surface area contributed by atoms with Gasteiger partial charge in [-0.05, 0) is 43.7 Å². The number of alkyl carbamates (subject to hydrolysis) is 1. The van der Waals surface area contributed by atoms with Gasteiger partial charge in [0.25, 0.3) is 5.56 Å². The molecule has 2 heterocycles. The highest BCUT2D eigenvalue weighted by atomic mass is 16.6. The summed E-state index contributed by atoms with van der Waals surface area (Å²) >= 11 is 0. The zero-order chi connectivity index (χ0) is 36.6. The Kier molecular flexibility index (Phi) is 9.78. The number of ether oxygens (including phenoxy) is 1. The molecule has 3 N–H and O–H groups in total. The summed E-state index contributed by atoms with van der Waals surface area (Å²) in [7, 11) is 0. The van der Waals surface area contributed by atoms with Crippen LogP contribution < -0.4 is 16.2 Å². The van der Waals surface area contributed by atoms with Gasteiger partial charge in [-0.1, -0.05) is 87.5 Å². The van der Waals surface area contributed by atoms with Crippen LogP contribution in [0.1, 0.15) is 60.4 Å². The molecular weight excluding hydrogens is 638 g/mol. The highest BCUT2D eigenvalue weighted by Gasteiger charge is 2.61. The topological polar surface area (TPSA) is 160 Å². The highest BCUT2D eigenvalue weighted by Crippen LogP contribution is 2.45. The van der Waals surface area contributed by atoms with Crippen molar-refractivity contribution in [2.24, 2.45) is 11.3 Å². The number of rotatable bonds is 9. The lowest BCUT2D eigenvalue weighted by molar-refractivity contribution is -0.146. The number of aromatic nitrogens is 2. The second kappa shape index (κ2) is 13.6. The maximum Gasteiger partial charge on any atom is 0.408 e. The van der Waals surface area contributed by atoms with Crippen molar-refractivity contribution >= 4 is 23.9 Å². The average molecular weight is 684 g/mol. The lowest BCUT2D eigenvalue weighted by atomic mass is 9.85. The minimum absolute atomic E-state index is 0.0266. The third-order valence-electron chi connectivity index (χ3n) is 9.16. The van der Waals surface area contributed by atoms with E-state index in [2.05, 4.69) is 22.3 Å². The van der Waals surface area contributed by atoms with Crippen molar-refractivity contribution in [3.63, 3.8) is 0 Å². The Balaban J connectivity index is 1.57. The van der Waals surface area contributed by atoms with E-state index in [1.807, 2.05) is 60.7 Å². The van der Waals surface area contributed by atoms with Crippen LogP contribution in [0.3, 0.4) is 0 Å². The maximum absolute atomic E-state index is 14.5. The van der Waals surface area contributed by atoms with E-state index in [9.17, 15) is 29.1 Å². The first-order chi connectivity index (χ1) is 23.5. The lowest BCUT2D eigenvalue weighted by Gasteiger charge is -2.36. The Labute approximate surface area is 291 Å². The third-order valence-corrected chi connectivity index (χ3v) is 9.16. The number of hydrogen-bond donors (Lipinski definition) is 3. The summed E-state index contributed by atoms with van der Waals surface area (Å²) in [6.07, 6.45) is 2.42. The molecule has 0 bridgehead atoms. The lowest BCUT2D eigenvalue weighted by Crippen LogP contribution is -2.59. The van der Waals surface area contributed by atoms with E-state index in [0.29, 0.717) is 16.7 Å². The number of nitrogens with zero attached hydrogens (tertiary/aromatic N) is 3. The van der Waals surface area contributed by atoms with Gasteiger partial charge in [-0.25, -0.2) is 14.3 Å². The van der Waals surface area contributed by atoms with Gasteiger partial charge in [0.1, 0.15) is 23.2 Å². The SMILES string of the molecule is C=C[C@@H]1C[C@]1(NC(=O)[C@@H]1C[C@@H](n2ncc(-c3ccccc3)c(-c3ccccc3)c2=O)CN1C(=O)[C@@H](NC(=O)OC(C)(C)C)C(C)(C)C)C(=O)O. The molecule has 1 saturated heterocycles. The van der Waals surface area contributed by atoms with Gasteiger partial charge < -0.3 is 25.4 Å². The van der Waals surface area contributed by atoms with E-state index < -0.39 is 70.0 Å². The molecule has 2 aliphatic rings. The van der Waals surface area contributed by atoms with Crippen molar-refractivity contribution in [2.45, 2.75) is 83.6 Å². The normalized spacial score (nSPS) is 22.3. The van der Waals surface area contributed by atoms with Gasteiger partial charge in [-0.2, -0.15) is 5.10 Å². The Morgan fingerprint density at radius 1 is 1.00 bits per heavy atom. The fourth-order valence-electron chi connectivity index (χ4n) is 6.49. The number of nitrogens with one attached hydrogen (secondary N) is 2. The molecule has 0 radical (unpaired) electrons. The number of carbonyl (C=O) groups is 4. The fourth-order valence-corrected chi connectivity index (χ4v) is 6.49. The molecule has 2 aromatic carbocycles. The Hall–Kier alpha value is -5.26. The summed E-state index contributed by atoms with van der Waals surface area (Å²) in [4.78, 5) is 69.4. The maximum atomic E-state index is 14.5. The van der Waals surface area contributed by atoms with E-state index in [1.165, 1.54) is 15.7 Å². The molecule has 0 spiro atoms. The standard InChI is InChI=1S/C38H45N5O7/c1-8-25-20-38(25,34(47)48)41-31(44)28-19-26(22-42(28)33(46)30(36(2,3)4)40-35(49)50-37(5,6)7)43-32(45)29(24-17-13-10-14-18-24)27(21-39-43)23-15-11-9-12-16-23/h8-18,21,25-26,28,30H,1,19-20,22H2,2-7H3,(H,40,49)(H,41,44)(H,47,48)/t25-,26-,28+,30-,38-/m1/s1. The molecule has 3 amide bonds. The summed E-state index contributed by atoms with van der Waals surface area (Å²) in [5.74, 6) is -2.95. The molecule has 2 fully saturated rings. The van der Waals surface area contributed by atoms with Gasteiger partial charge in [0.2, 0.25) is 11.8 Å². The predicted molar refractivity (Wildman–Crippen MR) is 188 cm³/mol. The number of carboxylic acid groups (broad SMARTS) is 1. The molecule has 12 nitrogen and oxygen atoms in total. The van der Waals surface area contributed by atoms with Crippen molar-refractivity contribution in [1.82, 2.24) is 25.3 Å². The minimum Gasteiger partial charge on any atom is -0.479 e. The zero-order valence-electron chi connectivity index (χ0n) is 29.3. The average Bonchev–Trinajstić information content (AvgIpc) is 3.59. The summed E-state index contributed by atoms with van der Waals surface area (Å²) in [5, 5.41) is 20.0. The van der Waals surface area contributed by atoms with Crippen LogP contribution in [0.2, 0.25) is 0 Å². The van der Waals surface area contributed by atoms with Gasteiger partial charge in [-0.15, -0.1) is 6.58 Å². The van der Waals surface area contributed by atoms with Crippen molar-refractivity contribution in [1.29, 1.82) is 0 Å². The van der Waals surface area contributed by atoms with E-state index >= 15 is 0 Å². The number of likely N-dealkylation sites (tertiary alicyclic amines) is 1. The molecule has 5 rings (SSSR count). The second-order valence-electron chi connectivity index (χ2n) is 15.1. The Morgan fingerprint density at radius 2 is 1.60 bits per heavy atom. The molecule has 264 valence electrons. The fraction of sp³-hybridized carbons (Fsp3) is 0.421. The first-order valence-corrected chi connectivity index (χ1v) is 16.7. The molecule has 1 saturated carbocycles. The second-order valence-corrected chi connectivity index (χ2v) is 15.1. The van der Waals surface area contributed by atoms with Gasteiger partial charge in [0.15, 0.2) is 0 Å². The van der Waals surface area contributed by atoms with Crippen LogP contribution in [0.15, 0.2) is 84.3 Å². The van der Waals surface area contributed by atoms with Crippen LogP contribution in [-0.4, -0.2) is 73.4 Å². The number of carboxylic acids is 1. The number of amides is 3. The van der Waals surface area contributed by atoms with Crippen molar-refractivity contribution < 1.29 is 29.0 Å². The molecule has 1 aromatic heterocycles. The molecular formula is C38H45N5O7. The van der Waals surface area contributed by atoms with Gasteiger partial charge >= 0.3 is 12.1 Å². The molecule has 3 aromatic rings. The number of aliphatic carboxylic acids is 1. The molecule has 50 heavy (non-hydrogen) atoms. The van der Waals surface area contributed by atoms with Crippen LogP contribution in [-0.2, 0) is 19.1 Å². The van der Waals surface area contributed by atoms with Crippen LogP contribution >= 0.6 is 0 Å². The van der Waals surface area contributed by atoms with E-state index in [0.717, 1.165) is 5.56 Å². The summed E-state index contributed by atoms with van der Waals surface area (Å²) < 4.78 is 6.75. The number of carbonyl (C=O) groups excluding carboxylic acids is 3. The summed E-state index contributed by atoms with van der Waals surface area (Å²) in [6.45, 7) is 14.0. The Morgan fingerprint density at radius 3 is 2.12 bits per heavy atom. The third kappa shape index (κ3) is 7.34. The first kappa shape index (κ1) is 36.0. The molecule has 1 aliphatic heterocycles. The van der Waals surface area contributed by atoms with Crippen LogP contribution in [0, 0.1) is 11.3 Å². The largest absolute Gasteiger partial charge is 0.479 e. The Bertz CT molecular complexity index is 1840. The number of benzene rings is 2. The van der Waals surface area contributed by atoms with E-state index in [4.69, 9.17) is 4.74 Å². The minimum atomic E-state index is -1.54. The van der Waals surface area contributed by atoms with Gasteiger partial charge in [-0.3, -0.25) is 14.4 Å². The smallest absolute Gasteiger partial charge is 0.408 e. The summed E-state index contributed by atoms with van der Waals surface area (Å²) in [6, 6.07) is 15.5. The molecule has 1 aliphatic carbocycles. The van der Waals surface area contributed by atoms with Crippen molar-refractivity contribution in [2.75, 3.05) is 6.54 Å². The van der Waals surface area contributed by atoms with Crippen LogP contribution in [0.4, 0.5) is 4.79 Å². The molecule has 5 atom stereocenters. The van der Waals surface area contributed by atoms with E-state index in [1.54, 1.807) is 47.7 Å². The van der Waals surface area contributed by atoms with Crippen molar-refractivity contribution in [3.8, 4) is 22.3 Å². The van der Waals surface area contributed by atoms with Gasteiger partial charge in [0, 0.05) is 24.4 Å². The zero-order valence-corrected chi connectivity index (χ0v) is 29.3. The molecule has 12 heteroatoms. The van der Waals surface area contributed by atoms with Gasteiger partial charge in [0.05, 0.1) is 17.8 Å². The highest BCUT2D eigenvalue weighted by molar-refractivity contribution is 5.96. The summed E-state index contributed by atoms with van der Waals surface area (Å²) in [5.41, 5.74) is -1.11. The first-order valence-electron chi connectivity index (χ1n) is 16.7. The van der Waals surface area contributed by atoms with Crippen LogP contribution in [0.5, 0.6) is 0 Å². The predicted octanol–water partition coefficient (Wildman–Crippen LogP) is 4.80. The van der Waals surface area contributed by atoms with Crippen LogP contribution in [0.25, 0.3) is 22.3 Å². The van der Waals surface area contributed by atoms with E-state index in [-0.39, 0.29) is 19.4 Å². The molecule has 0 unspecified atom stereocenters. The monoisotopic (exact) mass is 683 g/mol. The van der Waals surface area contributed by atoms with Crippen molar-refractivity contribution in [3.05, 3.63) is 89.9 Å². The number of hydrogen-bond acceptors (Lipinski definition) is 7. The quantitative estimate of drug-likeness (QED) is 0.271.